The van der Waals surface area contributed by atoms with Crippen molar-refractivity contribution in [3.05, 3.63) is 58.7 Å². The number of hydrogen-bond donors (Lipinski definition) is 3. The fraction of sp³-hybridized carbons (Fsp3) is 0.370. The summed E-state index contributed by atoms with van der Waals surface area (Å²) in [6.45, 7) is 1.45. The highest BCUT2D eigenvalue weighted by Gasteiger charge is 2.25. The molecule has 0 saturated carbocycles. The molecular formula is C27H29N5O5. The molecule has 4 aromatic rings. The highest BCUT2D eigenvalue weighted by Crippen LogP contribution is 2.27. The van der Waals surface area contributed by atoms with Gasteiger partial charge in [-0.2, -0.15) is 5.26 Å². The van der Waals surface area contributed by atoms with E-state index in [0.29, 0.717) is 25.2 Å². The number of oxazole rings is 1. The molecule has 1 saturated heterocycles. The van der Waals surface area contributed by atoms with Crippen molar-refractivity contribution in [3.63, 3.8) is 0 Å². The molecule has 0 bridgehead atoms. The summed E-state index contributed by atoms with van der Waals surface area (Å²) in [5, 5.41) is 16.7. The number of amides is 1. The Labute approximate surface area is 213 Å². The van der Waals surface area contributed by atoms with Gasteiger partial charge in [0.1, 0.15) is 12.1 Å². The lowest BCUT2D eigenvalue weighted by Crippen LogP contribution is -2.49. The van der Waals surface area contributed by atoms with E-state index < -0.39 is 17.9 Å². The molecule has 1 fully saturated rings. The fourth-order valence-corrected chi connectivity index (χ4v) is 4.61. The number of fused-ring (bicyclic) bond motifs is 2. The van der Waals surface area contributed by atoms with Crippen LogP contribution in [0.15, 0.2) is 51.7 Å². The highest BCUT2D eigenvalue weighted by molar-refractivity contribution is 5.88. The molecule has 0 radical (unpaired) electrons. The Kier molecular flexibility index (Phi) is 7.10. The Morgan fingerprint density at radius 1 is 1.27 bits per heavy atom. The Balaban J connectivity index is 1.29. The maximum absolute atomic E-state index is 12.8. The first kappa shape index (κ1) is 24.8. The Morgan fingerprint density at radius 3 is 2.89 bits per heavy atom. The zero-order valence-corrected chi connectivity index (χ0v) is 20.7. The van der Waals surface area contributed by atoms with Crippen molar-refractivity contribution in [2.24, 2.45) is 7.05 Å². The van der Waals surface area contributed by atoms with Crippen molar-refractivity contribution >= 4 is 27.9 Å². The van der Waals surface area contributed by atoms with E-state index in [4.69, 9.17) is 13.9 Å². The van der Waals surface area contributed by atoms with Gasteiger partial charge in [-0.1, -0.05) is 18.2 Å². The van der Waals surface area contributed by atoms with Crippen LogP contribution in [0.4, 0.5) is 0 Å². The second-order valence-corrected chi connectivity index (χ2v) is 9.27. The first-order valence-electron chi connectivity index (χ1n) is 12.2. The van der Waals surface area contributed by atoms with Crippen LogP contribution in [0.2, 0.25) is 0 Å². The van der Waals surface area contributed by atoms with Gasteiger partial charge in [0.05, 0.1) is 24.3 Å². The third-order valence-electron chi connectivity index (χ3n) is 6.78. The van der Waals surface area contributed by atoms with E-state index in [2.05, 4.69) is 21.7 Å². The number of aromatic amines is 1. The molecule has 1 aliphatic rings. The van der Waals surface area contributed by atoms with Crippen LogP contribution in [-0.2, 0) is 27.7 Å². The maximum atomic E-state index is 12.8. The van der Waals surface area contributed by atoms with Gasteiger partial charge in [-0.05, 0) is 53.7 Å². The number of hydrogen-bond acceptors (Lipinski definition) is 7. The van der Waals surface area contributed by atoms with Gasteiger partial charge in [-0.25, -0.2) is 4.79 Å². The van der Waals surface area contributed by atoms with Crippen molar-refractivity contribution in [2.45, 2.75) is 31.1 Å². The molecular weight excluding hydrogens is 474 g/mol. The smallest absolute Gasteiger partial charge is 0.408 e. The molecule has 5 rings (SSSR count). The third kappa shape index (κ3) is 5.29. The lowest BCUT2D eigenvalue weighted by atomic mass is 10.0. The number of nitrogens with one attached hydrogen (secondary N) is 3. The molecule has 3 N–H and O–H groups in total. The van der Waals surface area contributed by atoms with Gasteiger partial charge < -0.3 is 29.5 Å². The van der Waals surface area contributed by atoms with E-state index in [9.17, 15) is 14.9 Å². The largest absolute Gasteiger partial charge is 0.419 e. The average Bonchev–Trinajstić information content (AvgIpc) is 3.42. The van der Waals surface area contributed by atoms with Gasteiger partial charge in [-0.3, -0.25) is 9.36 Å². The van der Waals surface area contributed by atoms with Crippen LogP contribution in [-0.4, -0.2) is 60.5 Å². The van der Waals surface area contributed by atoms with Crippen LogP contribution < -0.4 is 16.4 Å². The van der Waals surface area contributed by atoms with E-state index in [-0.39, 0.29) is 12.0 Å². The molecule has 37 heavy (non-hydrogen) atoms. The van der Waals surface area contributed by atoms with E-state index in [0.717, 1.165) is 46.2 Å². The minimum Gasteiger partial charge on any atom is -0.408 e. The number of carbonyl (C=O) groups is 1. The van der Waals surface area contributed by atoms with Crippen LogP contribution in [0, 0.1) is 11.3 Å². The minimum absolute atomic E-state index is 0.0698. The minimum atomic E-state index is -0.711. The van der Waals surface area contributed by atoms with Gasteiger partial charge in [0.15, 0.2) is 5.58 Å². The predicted octanol–water partition coefficient (Wildman–Crippen LogP) is 2.22. The first-order valence-corrected chi connectivity index (χ1v) is 12.2. The lowest BCUT2D eigenvalue weighted by molar-refractivity contribution is -0.136. The van der Waals surface area contributed by atoms with Crippen molar-refractivity contribution in [2.75, 3.05) is 26.8 Å². The topological polar surface area (TPSA) is 134 Å². The summed E-state index contributed by atoms with van der Waals surface area (Å²) in [5.41, 5.74) is 4.95. The lowest BCUT2D eigenvalue weighted by Gasteiger charge is -2.25. The number of ether oxygens (including phenoxy) is 2. The fourth-order valence-electron chi connectivity index (χ4n) is 4.61. The molecule has 0 aliphatic carbocycles. The Bertz CT molecular complexity index is 1530. The normalized spacial score (nSPS) is 19.3. The molecule has 3 unspecified atom stereocenters. The third-order valence-corrected chi connectivity index (χ3v) is 6.78. The van der Waals surface area contributed by atoms with E-state index in [1.807, 2.05) is 36.4 Å². The quantitative estimate of drug-likeness (QED) is 0.367. The molecule has 192 valence electrons. The van der Waals surface area contributed by atoms with Crippen LogP contribution in [0.25, 0.3) is 33.1 Å². The SMILES string of the molecule is COC1CCNCC(C(=O)NC(C#N)Cc2cc3ccc(-c4ccc5oc(=O)n(C)c5c4)cc3[nH]2)OC1. The predicted molar refractivity (Wildman–Crippen MR) is 138 cm³/mol. The molecule has 2 aromatic heterocycles. The summed E-state index contributed by atoms with van der Waals surface area (Å²) >= 11 is 0. The van der Waals surface area contributed by atoms with Crippen LogP contribution in [0.3, 0.4) is 0 Å². The van der Waals surface area contributed by atoms with Crippen LogP contribution in [0.5, 0.6) is 0 Å². The van der Waals surface area contributed by atoms with Gasteiger partial charge in [0.25, 0.3) is 5.91 Å². The summed E-state index contributed by atoms with van der Waals surface area (Å²) in [5.74, 6) is -0.717. The summed E-state index contributed by atoms with van der Waals surface area (Å²) < 4.78 is 17.8. The molecule has 10 heteroatoms. The van der Waals surface area contributed by atoms with Crippen molar-refractivity contribution < 1.29 is 18.7 Å². The summed E-state index contributed by atoms with van der Waals surface area (Å²) in [6.07, 6.45) is 0.382. The molecule has 2 aromatic carbocycles. The van der Waals surface area contributed by atoms with Gasteiger partial charge in [0.2, 0.25) is 0 Å². The molecule has 3 heterocycles. The number of methoxy groups -OCH3 is 1. The number of nitrogens with zero attached hydrogens (tertiary/aromatic N) is 2. The second kappa shape index (κ2) is 10.6. The zero-order valence-electron chi connectivity index (χ0n) is 20.7. The number of nitriles is 1. The summed E-state index contributed by atoms with van der Waals surface area (Å²) in [6, 6.07) is 15.1. The van der Waals surface area contributed by atoms with Gasteiger partial charge >= 0.3 is 5.76 Å². The van der Waals surface area contributed by atoms with Crippen molar-refractivity contribution in [3.8, 4) is 17.2 Å². The summed E-state index contributed by atoms with van der Waals surface area (Å²) in [7, 11) is 3.31. The Hall–Kier alpha value is -3.91. The molecule has 0 spiro atoms. The average molecular weight is 504 g/mol. The highest BCUT2D eigenvalue weighted by atomic mass is 16.5. The number of H-pyrrole nitrogens is 1. The maximum Gasteiger partial charge on any atom is 0.419 e. The zero-order chi connectivity index (χ0) is 25.9. The first-order chi connectivity index (χ1) is 17.9. The van der Waals surface area contributed by atoms with Gasteiger partial charge in [0, 0.05) is 38.3 Å². The summed E-state index contributed by atoms with van der Waals surface area (Å²) in [4.78, 5) is 28.0. The second-order valence-electron chi connectivity index (χ2n) is 9.27. The molecule has 1 aliphatic heterocycles. The number of aryl methyl sites for hydroxylation is 1. The van der Waals surface area contributed by atoms with Crippen LogP contribution in [0.1, 0.15) is 12.1 Å². The van der Waals surface area contributed by atoms with Crippen LogP contribution >= 0.6 is 0 Å². The number of rotatable bonds is 6. The number of benzene rings is 2. The van der Waals surface area contributed by atoms with E-state index in [1.165, 1.54) is 4.57 Å². The van der Waals surface area contributed by atoms with Crippen molar-refractivity contribution in [1.82, 2.24) is 20.2 Å². The van der Waals surface area contributed by atoms with E-state index in [1.54, 1.807) is 20.2 Å². The Morgan fingerprint density at radius 2 is 2.08 bits per heavy atom. The monoisotopic (exact) mass is 503 g/mol. The standard InChI is InChI=1S/C27H29N5O5/c1-32-23-11-17(5-6-24(23)37-27(32)34)16-3-4-18-9-19(30-22(18)10-16)12-20(13-28)31-26(33)25-14-29-8-7-21(35-2)15-36-25/h3-6,9-11,20-21,25,29-30H,7-8,12,14-15H2,1-2H3,(H,31,33). The van der Waals surface area contributed by atoms with Crippen molar-refractivity contribution in [1.29, 1.82) is 5.26 Å². The molecule has 1 amide bonds. The molecule has 3 atom stereocenters. The van der Waals surface area contributed by atoms with E-state index >= 15 is 0 Å². The number of aromatic nitrogens is 2. The molecule has 10 nitrogen and oxygen atoms in total. The number of carbonyl (C=O) groups excluding carboxylic acids is 1. The van der Waals surface area contributed by atoms with Gasteiger partial charge in [-0.15, -0.1) is 0 Å².